The lowest BCUT2D eigenvalue weighted by atomic mass is 10.1. The highest BCUT2D eigenvalue weighted by Gasteiger charge is 2.27. The highest BCUT2D eigenvalue weighted by atomic mass is 19.4. The van der Waals surface area contributed by atoms with E-state index in [0.29, 0.717) is 5.75 Å². The molecule has 1 amide bonds. The van der Waals surface area contributed by atoms with Crippen LogP contribution < -0.4 is 10.1 Å². The number of carbonyl (C=O) groups excluding carboxylic acids is 1. The Morgan fingerprint density at radius 3 is 2.67 bits per heavy atom. The fourth-order valence-electron chi connectivity index (χ4n) is 1.58. The first-order valence-corrected chi connectivity index (χ1v) is 6.54. The molecule has 0 aromatic heterocycles. The second kappa shape index (κ2) is 8.51. The molecule has 0 aliphatic rings. The van der Waals surface area contributed by atoms with Crippen LogP contribution in [-0.2, 0) is 16.0 Å². The number of alkyl halides is 3. The average Bonchev–Trinajstić information content (AvgIpc) is 2.43. The Labute approximate surface area is 121 Å². The molecule has 0 bridgehead atoms. The van der Waals surface area contributed by atoms with Crippen LogP contribution in [0.2, 0.25) is 0 Å². The van der Waals surface area contributed by atoms with Crippen molar-refractivity contribution in [1.29, 1.82) is 0 Å². The van der Waals surface area contributed by atoms with Gasteiger partial charge in [0.25, 0.3) is 5.91 Å². The minimum Gasteiger partial charge on any atom is -0.483 e. The fourth-order valence-corrected chi connectivity index (χ4v) is 1.58. The molecule has 0 saturated carbocycles. The summed E-state index contributed by atoms with van der Waals surface area (Å²) in [5.41, 5.74) is 0.985. The van der Waals surface area contributed by atoms with Gasteiger partial charge in [-0.05, 0) is 18.1 Å². The Morgan fingerprint density at radius 1 is 1.29 bits per heavy atom. The lowest BCUT2D eigenvalue weighted by Gasteiger charge is -2.11. The number of para-hydroxylation sites is 1. The van der Waals surface area contributed by atoms with E-state index in [1.807, 2.05) is 19.1 Å². The molecule has 21 heavy (non-hydrogen) atoms. The first-order valence-electron chi connectivity index (χ1n) is 6.54. The third kappa shape index (κ3) is 7.55. The van der Waals surface area contributed by atoms with Gasteiger partial charge in [-0.3, -0.25) is 4.79 Å². The smallest absolute Gasteiger partial charge is 0.411 e. The summed E-state index contributed by atoms with van der Waals surface area (Å²) in [4.78, 5) is 11.5. The van der Waals surface area contributed by atoms with Gasteiger partial charge >= 0.3 is 6.18 Å². The number of halogens is 3. The largest absolute Gasteiger partial charge is 0.483 e. The molecule has 0 aliphatic heterocycles. The molecular formula is C14H18F3NO3. The maximum Gasteiger partial charge on any atom is 0.411 e. The van der Waals surface area contributed by atoms with E-state index < -0.39 is 18.7 Å². The predicted octanol–water partition coefficient (Wildman–Crippen LogP) is 2.32. The number of hydrogen-bond donors (Lipinski definition) is 1. The number of benzene rings is 1. The van der Waals surface area contributed by atoms with E-state index in [0.717, 1.165) is 12.0 Å². The van der Waals surface area contributed by atoms with Crippen molar-refractivity contribution < 1.29 is 27.4 Å². The van der Waals surface area contributed by atoms with Crippen molar-refractivity contribution in [3.8, 4) is 5.75 Å². The Balaban J connectivity index is 2.20. The Morgan fingerprint density at radius 2 is 2.00 bits per heavy atom. The number of aryl methyl sites for hydroxylation is 1. The van der Waals surface area contributed by atoms with E-state index in [2.05, 4.69) is 10.1 Å². The van der Waals surface area contributed by atoms with Crippen molar-refractivity contribution >= 4 is 5.91 Å². The number of nitrogens with one attached hydrogen (secondary N) is 1. The van der Waals surface area contributed by atoms with Crippen molar-refractivity contribution in [2.24, 2.45) is 0 Å². The highest BCUT2D eigenvalue weighted by Crippen LogP contribution is 2.17. The molecule has 1 aromatic carbocycles. The van der Waals surface area contributed by atoms with Gasteiger partial charge in [-0.25, -0.2) is 0 Å². The zero-order valence-electron chi connectivity index (χ0n) is 11.7. The Bertz CT molecular complexity index is 449. The summed E-state index contributed by atoms with van der Waals surface area (Å²) < 4.78 is 45.1. The van der Waals surface area contributed by atoms with Crippen molar-refractivity contribution in [3.63, 3.8) is 0 Å². The molecule has 0 spiro atoms. The summed E-state index contributed by atoms with van der Waals surface area (Å²) >= 11 is 0. The zero-order chi connectivity index (χ0) is 15.7. The zero-order valence-corrected chi connectivity index (χ0v) is 11.7. The normalized spacial score (nSPS) is 11.2. The van der Waals surface area contributed by atoms with E-state index in [4.69, 9.17) is 4.74 Å². The minimum absolute atomic E-state index is 0.00764. The predicted molar refractivity (Wildman–Crippen MR) is 71.2 cm³/mol. The first kappa shape index (κ1) is 17.3. The van der Waals surface area contributed by atoms with Crippen LogP contribution in [0.25, 0.3) is 0 Å². The SMILES string of the molecule is CCc1ccccc1OCC(=O)NCCOCC(F)(F)F. The van der Waals surface area contributed by atoms with E-state index in [1.165, 1.54) is 0 Å². The molecule has 0 saturated heterocycles. The van der Waals surface area contributed by atoms with Crippen LogP contribution in [0.15, 0.2) is 24.3 Å². The average molecular weight is 305 g/mol. The fraction of sp³-hybridized carbons (Fsp3) is 0.500. The quantitative estimate of drug-likeness (QED) is 0.750. The highest BCUT2D eigenvalue weighted by molar-refractivity contribution is 5.77. The molecule has 0 heterocycles. The lowest BCUT2D eigenvalue weighted by molar-refractivity contribution is -0.173. The van der Waals surface area contributed by atoms with Gasteiger partial charge in [-0.15, -0.1) is 0 Å². The molecule has 7 heteroatoms. The monoisotopic (exact) mass is 305 g/mol. The van der Waals surface area contributed by atoms with Gasteiger partial charge in [-0.1, -0.05) is 25.1 Å². The van der Waals surface area contributed by atoms with Crippen LogP contribution in [0.1, 0.15) is 12.5 Å². The van der Waals surface area contributed by atoms with Crippen molar-refractivity contribution in [2.45, 2.75) is 19.5 Å². The second-order valence-electron chi connectivity index (χ2n) is 4.27. The topological polar surface area (TPSA) is 47.6 Å². The number of amides is 1. The van der Waals surface area contributed by atoms with Gasteiger partial charge in [0.15, 0.2) is 6.61 Å². The first-order chi connectivity index (χ1) is 9.92. The number of rotatable bonds is 8. The second-order valence-corrected chi connectivity index (χ2v) is 4.27. The van der Waals surface area contributed by atoms with Crippen molar-refractivity contribution in [3.05, 3.63) is 29.8 Å². The van der Waals surface area contributed by atoms with Crippen LogP contribution >= 0.6 is 0 Å². The number of hydrogen-bond acceptors (Lipinski definition) is 3. The molecule has 0 aliphatic carbocycles. The van der Waals surface area contributed by atoms with E-state index >= 15 is 0 Å². The molecule has 0 fully saturated rings. The standard InChI is InChI=1S/C14H18F3NO3/c1-2-11-5-3-4-6-12(11)21-9-13(19)18-7-8-20-10-14(15,16)17/h3-6H,2,7-10H2,1H3,(H,18,19). The van der Waals surface area contributed by atoms with Gasteiger partial charge in [0.05, 0.1) is 6.61 Å². The van der Waals surface area contributed by atoms with Gasteiger partial charge in [-0.2, -0.15) is 13.2 Å². The van der Waals surface area contributed by atoms with Crippen LogP contribution in [-0.4, -0.2) is 38.4 Å². The summed E-state index contributed by atoms with van der Waals surface area (Å²) in [7, 11) is 0. The summed E-state index contributed by atoms with van der Waals surface area (Å²) in [6.45, 7) is 0.282. The van der Waals surface area contributed by atoms with Crippen LogP contribution in [0.3, 0.4) is 0 Å². The number of carbonyl (C=O) groups is 1. The van der Waals surface area contributed by atoms with Gasteiger partial charge in [0, 0.05) is 6.54 Å². The van der Waals surface area contributed by atoms with E-state index in [9.17, 15) is 18.0 Å². The summed E-state index contributed by atoms with van der Waals surface area (Å²) in [5, 5.41) is 2.42. The molecule has 1 N–H and O–H groups in total. The molecule has 0 atom stereocenters. The Kier molecular flexibility index (Phi) is 7.01. The molecule has 118 valence electrons. The number of ether oxygens (including phenoxy) is 2. The molecule has 1 rings (SSSR count). The summed E-state index contributed by atoms with van der Waals surface area (Å²) in [6.07, 6.45) is -3.57. The Hall–Kier alpha value is -1.76. The van der Waals surface area contributed by atoms with E-state index in [1.54, 1.807) is 12.1 Å². The molecule has 0 radical (unpaired) electrons. The van der Waals surface area contributed by atoms with E-state index in [-0.39, 0.29) is 19.8 Å². The van der Waals surface area contributed by atoms with Crippen LogP contribution in [0, 0.1) is 0 Å². The maximum absolute atomic E-state index is 11.8. The minimum atomic E-state index is -4.35. The summed E-state index contributed by atoms with van der Waals surface area (Å²) in [6, 6.07) is 7.35. The molecular weight excluding hydrogens is 287 g/mol. The van der Waals surface area contributed by atoms with Crippen molar-refractivity contribution in [2.75, 3.05) is 26.4 Å². The summed E-state index contributed by atoms with van der Waals surface area (Å²) in [5.74, 6) is 0.222. The van der Waals surface area contributed by atoms with Gasteiger partial charge in [0.1, 0.15) is 12.4 Å². The molecule has 4 nitrogen and oxygen atoms in total. The molecule has 1 aromatic rings. The lowest BCUT2D eigenvalue weighted by Crippen LogP contribution is -2.32. The maximum atomic E-state index is 11.8. The van der Waals surface area contributed by atoms with Gasteiger partial charge in [0.2, 0.25) is 0 Å². The van der Waals surface area contributed by atoms with Crippen LogP contribution in [0.4, 0.5) is 13.2 Å². The third-order valence-electron chi connectivity index (χ3n) is 2.55. The van der Waals surface area contributed by atoms with Gasteiger partial charge < -0.3 is 14.8 Å². The van der Waals surface area contributed by atoms with Crippen LogP contribution in [0.5, 0.6) is 5.75 Å². The molecule has 0 unspecified atom stereocenters. The third-order valence-corrected chi connectivity index (χ3v) is 2.55. The van der Waals surface area contributed by atoms with Crippen molar-refractivity contribution in [1.82, 2.24) is 5.32 Å².